The number of hydrogen-bond acceptors (Lipinski definition) is 4. The molecule has 0 N–H and O–H groups in total. The minimum atomic E-state index is -0.264. The molecule has 2 atom stereocenters. The molecule has 0 amide bonds. The maximum atomic E-state index is 11.6. The highest BCUT2D eigenvalue weighted by Gasteiger charge is 2.31. The summed E-state index contributed by atoms with van der Waals surface area (Å²) >= 11 is 3.60. The number of rotatable bonds is 2. The second kappa shape index (κ2) is 6.39. The molecule has 1 aliphatic rings. The molecule has 3 nitrogen and oxygen atoms in total. The second-order valence-corrected chi connectivity index (χ2v) is 4.14. The number of likely N-dealkylation sites (N-methyl/N-ethyl adjacent to an activating group) is 1. The first-order chi connectivity index (χ1) is 7.76. The Bertz CT molecular complexity index is 400. The van der Waals surface area contributed by atoms with Crippen LogP contribution < -0.4 is 0 Å². The number of carbonyl (C=O) groups excluding carboxylic acids is 1. The van der Waals surface area contributed by atoms with E-state index < -0.39 is 0 Å². The molecule has 0 fully saturated rings. The van der Waals surface area contributed by atoms with Gasteiger partial charge in [0.2, 0.25) is 0 Å². The normalized spacial score (nSPS) is 19.1. The van der Waals surface area contributed by atoms with Crippen LogP contribution in [0.5, 0.6) is 0 Å². The van der Waals surface area contributed by atoms with E-state index in [1.165, 1.54) is 11.1 Å². The molecule has 0 saturated heterocycles. The molecule has 94 valence electrons. The van der Waals surface area contributed by atoms with Crippen molar-refractivity contribution >= 4 is 28.8 Å². The van der Waals surface area contributed by atoms with Crippen LogP contribution in [0.2, 0.25) is 0 Å². The van der Waals surface area contributed by atoms with Crippen LogP contribution in [0.1, 0.15) is 18.1 Å². The van der Waals surface area contributed by atoms with Crippen molar-refractivity contribution in [1.82, 2.24) is 4.90 Å². The molecule has 5 heteroatoms. The van der Waals surface area contributed by atoms with Crippen molar-refractivity contribution in [2.24, 2.45) is 0 Å². The lowest BCUT2D eigenvalue weighted by molar-refractivity contribution is -0.139. The third-order valence-electron chi connectivity index (χ3n) is 3.11. The molecule has 2 unspecified atom stereocenters. The molecule has 1 heterocycles. The van der Waals surface area contributed by atoms with E-state index >= 15 is 0 Å². The summed E-state index contributed by atoms with van der Waals surface area (Å²) < 4.78 is 4.55. The van der Waals surface area contributed by atoms with Crippen LogP contribution in [0.15, 0.2) is 24.3 Å². The monoisotopic (exact) mass is 271 g/mol. The minimum absolute atomic E-state index is 0. The van der Waals surface area contributed by atoms with Crippen molar-refractivity contribution in [3.05, 3.63) is 35.4 Å². The van der Waals surface area contributed by atoms with E-state index in [2.05, 4.69) is 34.1 Å². The summed E-state index contributed by atoms with van der Waals surface area (Å²) in [5.74, 6) is -0.264. The van der Waals surface area contributed by atoms with Gasteiger partial charge in [0.05, 0.1) is 0 Å². The second-order valence-electron chi connectivity index (χ2n) is 3.96. The predicted octanol–water partition coefficient (Wildman–Crippen LogP) is 1.88. The summed E-state index contributed by atoms with van der Waals surface area (Å²) in [6.07, 6.45) is 0.712. The van der Waals surface area contributed by atoms with Gasteiger partial charge in [-0.25, -0.2) is 4.79 Å². The van der Waals surface area contributed by atoms with Crippen molar-refractivity contribution in [3.63, 3.8) is 0 Å². The Morgan fingerprint density at radius 1 is 1.47 bits per heavy atom. The average Bonchev–Trinajstić information content (AvgIpc) is 2.36. The van der Waals surface area contributed by atoms with Crippen LogP contribution in [0, 0.1) is 0 Å². The van der Waals surface area contributed by atoms with Crippen molar-refractivity contribution in [3.8, 4) is 0 Å². The molecule has 0 aliphatic carbocycles. The molecule has 0 aromatic heterocycles. The molecule has 0 bridgehead atoms. The van der Waals surface area contributed by atoms with Crippen LogP contribution in [0.4, 0.5) is 0 Å². The topological polar surface area (TPSA) is 29.5 Å². The van der Waals surface area contributed by atoms with Gasteiger partial charge < -0.3 is 4.18 Å². The average molecular weight is 271 g/mol. The van der Waals surface area contributed by atoms with Gasteiger partial charge in [-0.3, -0.25) is 4.90 Å². The molecule has 1 aromatic rings. The smallest absolute Gasteiger partial charge is 0.335 e. The summed E-state index contributed by atoms with van der Waals surface area (Å²) in [5.41, 5.74) is 2.53. The Labute approximate surface area is 111 Å². The summed E-state index contributed by atoms with van der Waals surface area (Å²) in [6.45, 7) is 3.69. The Balaban J connectivity index is 0.00000144. The molecule has 17 heavy (non-hydrogen) atoms. The van der Waals surface area contributed by atoms with E-state index in [-0.39, 0.29) is 21.9 Å². The van der Waals surface area contributed by atoms with Crippen molar-refractivity contribution < 1.29 is 8.98 Å². The van der Waals surface area contributed by atoms with Crippen molar-refractivity contribution in [2.75, 3.05) is 6.54 Å². The molecule has 1 aliphatic heterocycles. The third-order valence-corrected chi connectivity index (χ3v) is 3.29. The molecule has 0 saturated carbocycles. The Hall–Kier alpha value is -0.570. The molecule has 0 radical (unpaired) electrons. The van der Waals surface area contributed by atoms with Gasteiger partial charge in [0.1, 0.15) is 6.04 Å². The van der Waals surface area contributed by atoms with Crippen LogP contribution in [0.3, 0.4) is 0 Å². The van der Waals surface area contributed by atoms with E-state index in [0.717, 1.165) is 13.1 Å². The quantitative estimate of drug-likeness (QED) is 0.506. The Morgan fingerprint density at radius 2 is 2.12 bits per heavy atom. The predicted molar refractivity (Wildman–Crippen MR) is 76.2 cm³/mol. The van der Waals surface area contributed by atoms with Gasteiger partial charge in [-0.1, -0.05) is 31.2 Å². The number of hydrogen-bond donors (Lipinski definition) is 1. The van der Waals surface area contributed by atoms with Gasteiger partial charge in [-0.05, 0) is 24.1 Å². The lowest BCUT2D eigenvalue weighted by Crippen LogP contribution is -2.45. The fourth-order valence-electron chi connectivity index (χ4n) is 2.20. The number of thiol groups is 1. The molecular weight excluding hydrogens is 253 g/mol. The first-order valence-corrected chi connectivity index (χ1v) is 5.79. The first kappa shape index (κ1) is 14.5. The lowest BCUT2D eigenvalue weighted by atomic mass is 9.94. The maximum Gasteiger partial charge on any atom is 0.335 e. The lowest BCUT2D eigenvalue weighted by Gasteiger charge is -2.33. The number of nitrogens with zero attached hydrogens (tertiary/aromatic N) is 1. The van der Waals surface area contributed by atoms with Gasteiger partial charge in [-0.2, -0.15) is 9.90 Å². The Kier molecular flexibility index (Phi) is 5.44. The van der Waals surface area contributed by atoms with Gasteiger partial charge in [-0.15, -0.1) is 0 Å². The van der Waals surface area contributed by atoms with Crippen LogP contribution in [0.25, 0.3) is 0 Å². The molecule has 2 rings (SSSR count). The SMILES string of the molecule is CCN1Cc2ccccc2CC1C(=O)OS.P. The highest BCUT2D eigenvalue weighted by Crippen LogP contribution is 2.23. The molecule has 0 spiro atoms. The summed E-state index contributed by atoms with van der Waals surface area (Å²) in [6, 6.07) is 8.02. The minimum Gasteiger partial charge on any atom is -0.393 e. The van der Waals surface area contributed by atoms with Crippen LogP contribution >= 0.6 is 22.8 Å². The number of fused-ring (bicyclic) bond motifs is 1. The van der Waals surface area contributed by atoms with Crippen LogP contribution in [-0.4, -0.2) is 23.5 Å². The molecule has 1 aromatic carbocycles. The van der Waals surface area contributed by atoms with E-state index in [1.54, 1.807) is 0 Å². The highest BCUT2D eigenvalue weighted by atomic mass is 32.1. The van der Waals surface area contributed by atoms with Crippen molar-refractivity contribution in [2.45, 2.75) is 25.9 Å². The van der Waals surface area contributed by atoms with Gasteiger partial charge in [0.25, 0.3) is 0 Å². The summed E-state index contributed by atoms with van der Waals surface area (Å²) in [7, 11) is 0. The van der Waals surface area contributed by atoms with E-state index in [1.807, 2.05) is 19.1 Å². The van der Waals surface area contributed by atoms with Gasteiger partial charge in [0.15, 0.2) is 0 Å². The van der Waals surface area contributed by atoms with Gasteiger partial charge >= 0.3 is 5.97 Å². The number of benzene rings is 1. The largest absolute Gasteiger partial charge is 0.393 e. The Morgan fingerprint density at radius 3 is 2.71 bits per heavy atom. The summed E-state index contributed by atoms with van der Waals surface area (Å²) in [5, 5.41) is 0. The fourth-order valence-corrected chi connectivity index (χ4v) is 2.32. The summed E-state index contributed by atoms with van der Waals surface area (Å²) in [4.78, 5) is 13.7. The standard InChI is InChI=1S/C12H15NO2S.H3P/c1-2-13-8-10-6-4-3-5-9(10)7-11(13)12(14)15-16;/h3-6,11,16H,2,7-8H2,1H3;1H3. The highest BCUT2D eigenvalue weighted by molar-refractivity contribution is 7.75. The zero-order valence-electron chi connectivity index (χ0n) is 9.93. The van der Waals surface area contributed by atoms with Crippen LogP contribution in [-0.2, 0) is 21.9 Å². The van der Waals surface area contributed by atoms with E-state index in [0.29, 0.717) is 6.42 Å². The first-order valence-electron chi connectivity index (χ1n) is 5.42. The zero-order chi connectivity index (χ0) is 11.5. The van der Waals surface area contributed by atoms with Gasteiger partial charge in [0, 0.05) is 19.5 Å². The van der Waals surface area contributed by atoms with E-state index in [9.17, 15) is 4.79 Å². The fraction of sp³-hybridized carbons (Fsp3) is 0.417. The van der Waals surface area contributed by atoms with Crippen molar-refractivity contribution in [1.29, 1.82) is 0 Å². The molecular formula is C12H18NO2PS. The third kappa shape index (κ3) is 3.01. The number of carbonyl (C=O) groups is 1. The maximum absolute atomic E-state index is 11.6. The van der Waals surface area contributed by atoms with E-state index in [4.69, 9.17) is 0 Å². The zero-order valence-corrected chi connectivity index (χ0v) is 12.2.